The molecule has 0 aromatic heterocycles. The Morgan fingerprint density at radius 1 is 0.895 bits per heavy atom. The van der Waals surface area contributed by atoms with Crippen molar-refractivity contribution in [3.8, 4) is 0 Å². The first-order valence-corrected chi connectivity index (χ1v) is 7.01. The van der Waals surface area contributed by atoms with Crippen molar-refractivity contribution in [3.63, 3.8) is 0 Å². The maximum absolute atomic E-state index is 12.1. The first-order chi connectivity index (χ1) is 8.88. The van der Waals surface area contributed by atoms with E-state index in [1.54, 1.807) is 12.1 Å². The average Bonchev–Trinajstić information content (AvgIpc) is 2.38. The molecule has 0 saturated carbocycles. The molecule has 0 fully saturated rings. The highest BCUT2D eigenvalue weighted by molar-refractivity contribution is 7.85. The van der Waals surface area contributed by atoms with Crippen molar-refractivity contribution in [1.29, 1.82) is 0 Å². The lowest BCUT2D eigenvalue weighted by atomic mass is 10.0. The normalized spacial score (nSPS) is 11.3. The number of ketones is 1. The van der Waals surface area contributed by atoms with Crippen molar-refractivity contribution in [2.45, 2.75) is 11.8 Å². The molecule has 0 aliphatic carbocycles. The van der Waals surface area contributed by atoms with Crippen molar-refractivity contribution in [1.82, 2.24) is 0 Å². The van der Waals surface area contributed by atoms with E-state index in [0.29, 0.717) is 11.1 Å². The standard InChI is InChI=1S/C14H12O4S/c1-10-2-4-11(5-3-10)14(15)12-6-8-13(9-7-12)19(16,17)18/h2-9H,1H3,(H,16,17,18). The first kappa shape index (κ1) is 13.5. The summed E-state index contributed by atoms with van der Waals surface area (Å²) in [7, 11) is -4.23. The van der Waals surface area contributed by atoms with Crippen LogP contribution in [0.4, 0.5) is 0 Å². The molecule has 19 heavy (non-hydrogen) atoms. The van der Waals surface area contributed by atoms with E-state index in [1.165, 1.54) is 24.3 Å². The fourth-order valence-corrected chi connectivity index (χ4v) is 2.13. The molecular formula is C14H12O4S. The second kappa shape index (κ2) is 4.95. The monoisotopic (exact) mass is 276 g/mol. The van der Waals surface area contributed by atoms with Gasteiger partial charge in [0.25, 0.3) is 10.1 Å². The van der Waals surface area contributed by atoms with Crippen LogP contribution in [0.2, 0.25) is 0 Å². The molecule has 98 valence electrons. The quantitative estimate of drug-likeness (QED) is 0.690. The summed E-state index contributed by atoms with van der Waals surface area (Å²) in [6, 6.07) is 12.3. The Morgan fingerprint density at radius 3 is 1.74 bits per heavy atom. The van der Waals surface area contributed by atoms with Crippen LogP contribution in [0.3, 0.4) is 0 Å². The van der Waals surface area contributed by atoms with E-state index in [9.17, 15) is 13.2 Å². The molecule has 1 N–H and O–H groups in total. The largest absolute Gasteiger partial charge is 0.294 e. The summed E-state index contributed by atoms with van der Waals surface area (Å²) >= 11 is 0. The van der Waals surface area contributed by atoms with Gasteiger partial charge < -0.3 is 0 Å². The molecular weight excluding hydrogens is 264 g/mol. The van der Waals surface area contributed by atoms with Crippen molar-refractivity contribution in [2.24, 2.45) is 0 Å². The lowest BCUT2D eigenvalue weighted by Crippen LogP contribution is -2.03. The predicted octanol–water partition coefficient (Wildman–Crippen LogP) is 2.47. The lowest BCUT2D eigenvalue weighted by molar-refractivity contribution is 0.103. The van der Waals surface area contributed by atoms with Gasteiger partial charge in [0.1, 0.15) is 0 Å². The number of hydrogen-bond donors (Lipinski definition) is 1. The summed E-state index contributed by atoms with van der Waals surface area (Å²) < 4.78 is 30.6. The van der Waals surface area contributed by atoms with Gasteiger partial charge in [-0.3, -0.25) is 9.35 Å². The minimum absolute atomic E-state index is 0.193. The van der Waals surface area contributed by atoms with Crippen LogP contribution in [0.25, 0.3) is 0 Å². The van der Waals surface area contributed by atoms with Crippen molar-refractivity contribution < 1.29 is 17.8 Å². The Kier molecular flexibility index (Phi) is 3.50. The fraction of sp³-hybridized carbons (Fsp3) is 0.0714. The van der Waals surface area contributed by atoms with Crippen LogP contribution in [0.15, 0.2) is 53.4 Å². The van der Waals surface area contributed by atoms with Crippen LogP contribution in [-0.2, 0) is 10.1 Å². The topological polar surface area (TPSA) is 71.4 Å². The van der Waals surface area contributed by atoms with Gasteiger partial charge in [0.05, 0.1) is 4.90 Å². The molecule has 0 bridgehead atoms. The molecule has 0 amide bonds. The van der Waals surface area contributed by atoms with E-state index in [-0.39, 0.29) is 10.7 Å². The number of aryl methyl sites for hydroxylation is 1. The van der Waals surface area contributed by atoms with Crippen LogP contribution < -0.4 is 0 Å². The van der Waals surface area contributed by atoms with Crippen LogP contribution in [0.5, 0.6) is 0 Å². The molecule has 2 aromatic rings. The van der Waals surface area contributed by atoms with E-state index in [2.05, 4.69) is 0 Å². The van der Waals surface area contributed by atoms with Gasteiger partial charge in [-0.05, 0) is 31.2 Å². The average molecular weight is 276 g/mol. The minimum Gasteiger partial charge on any atom is -0.289 e. The van der Waals surface area contributed by atoms with E-state index in [1.807, 2.05) is 19.1 Å². The lowest BCUT2D eigenvalue weighted by Gasteiger charge is -2.03. The Bertz CT molecular complexity index is 698. The van der Waals surface area contributed by atoms with Crippen molar-refractivity contribution in [2.75, 3.05) is 0 Å². The molecule has 4 nitrogen and oxygen atoms in total. The summed E-state index contributed by atoms with van der Waals surface area (Å²) in [5.41, 5.74) is 1.96. The second-order valence-corrected chi connectivity index (χ2v) is 5.62. The number of hydrogen-bond acceptors (Lipinski definition) is 3. The number of rotatable bonds is 3. The van der Waals surface area contributed by atoms with E-state index in [4.69, 9.17) is 4.55 Å². The van der Waals surface area contributed by atoms with E-state index in [0.717, 1.165) is 5.56 Å². The van der Waals surface area contributed by atoms with Crippen LogP contribution in [-0.4, -0.2) is 18.8 Å². The zero-order chi connectivity index (χ0) is 14.0. The first-order valence-electron chi connectivity index (χ1n) is 5.57. The summed E-state index contributed by atoms with van der Waals surface area (Å²) in [4.78, 5) is 11.9. The highest BCUT2D eigenvalue weighted by Crippen LogP contribution is 2.14. The molecule has 0 atom stereocenters. The molecule has 0 spiro atoms. The van der Waals surface area contributed by atoms with Gasteiger partial charge >= 0.3 is 0 Å². The molecule has 0 saturated heterocycles. The van der Waals surface area contributed by atoms with Gasteiger partial charge in [-0.2, -0.15) is 8.42 Å². The van der Waals surface area contributed by atoms with Gasteiger partial charge in [0.2, 0.25) is 0 Å². The highest BCUT2D eigenvalue weighted by Gasteiger charge is 2.12. The number of benzene rings is 2. The Labute approximate surface area is 111 Å². The van der Waals surface area contributed by atoms with Gasteiger partial charge in [0.15, 0.2) is 5.78 Å². The second-order valence-electron chi connectivity index (χ2n) is 4.19. The molecule has 5 heteroatoms. The number of carbonyl (C=O) groups excluding carboxylic acids is 1. The maximum Gasteiger partial charge on any atom is 0.294 e. The number of carbonyl (C=O) groups is 1. The summed E-state index contributed by atoms with van der Waals surface area (Å²) in [6.07, 6.45) is 0. The third-order valence-corrected chi connectivity index (χ3v) is 3.60. The van der Waals surface area contributed by atoms with Gasteiger partial charge in [0, 0.05) is 11.1 Å². The van der Waals surface area contributed by atoms with Crippen molar-refractivity contribution >= 4 is 15.9 Å². The van der Waals surface area contributed by atoms with Crippen molar-refractivity contribution in [3.05, 3.63) is 65.2 Å². The Hall–Kier alpha value is -1.98. The summed E-state index contributed by atoms with van der Waals surface area (Å²) in [5, 5.41) is 0. The van der Waals surface area contributed by atoms with Crippen LogP contribution >= 0.6 is 0 Å². The fourth-order valence-electron chi connectivity index (χ4n) is 1.65. The molecule has 2 rings (SSSR count). The molecule has 0 aliphatic rings. The van der Waals surface area contributed by atoms with E-state index >= 15 is 0 Å². The Morgan fingerprint density at radius 2 is 1.32 bits per heavy atom. The molecule has 2 aromatic carbocycles. The third-order valence-electron chi connectivity index (χ3n) is 2.73. The van der Waals surface area contributed by atoms with Gasteiger partial charge in [-0.1, -0.05) is 29.8 Å². The summed E-state index contributed by atoms with van der Waals surface area (Å²) in [6.45, 7) is 1.93. The van der Waals surface area contributed by atoms with Crippen LogP contribution in [0, 0.1) is 6.92 Å². The smallest absolute Gasteiger partial charge is 0.289 e. The SMILES string of the molecule is Cc1ccc(C(=O)c2ccc(S(=O)(=O)O)cc2)cc1. The van der Waals surface area contributed by atoms with Gasteiger partial charge in [-0.15, -0.1) is 0 Å². The van der Waals surface area contributed by atoms with Gasteiger partial charge in [-0.25, -0.2) is 0 Å². The maximum atomic E-state index is 12.1. The highest BCUT2D eigenvalue weighted by atomic mass is 32.2. The van der Waals surface area contributed by atoms with E-state index < -0.39 is 10.1 Å². The Balaban J connectivity index is 2.32. The third kappa shape index (κ3) is 3.07. The predicted molar refractivity (Wildman–Crippen MR) is 70.9 cm³/mol. The zero-order valence-corrected chi connectivity index (χ0v) is 11.0. The summed E-state index contributed by atoms with van der Waals surface area (Å²) in [5.74, 6) is -0.193. The molecule has 0 unspecified atom stereocenters. The van der Waals surface area contributed by atoms with Crippen LogP contribution in [0.1, 0.15) is 21.5 Å². The molecule has 0 aliphatic heterocycles. The minimum atomic E-state index is -4.23. The molecule has 0 heterocycles. The molecule has 0 radical (unpaired) electrons. The zero-order valence-electron chi connectivity index (χ0n) is 10.2.